The molecule has 0 aromatic heterocycles. The van der Waals surface area contributed by atoms with Crippen molar-refractivity contribution in [1.29, 1.82) is 5.26 Å². The fraction of sp³-hybridized carbons (Fsp3) is 0. The minimum Gasteiger partial charge on any atom is -0.354 e. The van der Waals surface area contributed by atoms with Crippen LogP contribution < -0.4 is 5.32 Å². The predicted molar refractivity (Wildman–Crippen MR) is 68.5 cm³/mol. The van der Waals surface area contributed by atoms with Crippen LogP contribution in [0.4, 0.5) is 24.5 Å². The van der Waals surface area contributed by atoms with E-state index in [2.05, 4.69) is 21.2 Å². The summed E-state index contributed by atoms with van der Waals surface area (Å²) in [6.07, 6.45) is 0. The SMILES string of the molecule is N#Cc1cc(Br)ccc1Nc1cc(F)c(F)c(F)c1. The molecule has 2 rings (SSSR count). The van der Waals surface area contributed by atoms with Crippen LogP contribution in [0.5, 0.6) is 0 Å². The zero-order valence-electron chi connectivity index (χ0n) is 9.35. The first-order valence-corrected chi connectivity index (χ1v) is 5.92. The highest BCUT2D eigenvalue weighted by Crippen LogP contribution is 2.25. The highest BCUT2D eigenvalue weighted by molar-refractivity contribution is 9.10. The lowest BCUT2D eigenvalue weighted by Gasteiger charge is -2.09. The van der Waals surface area contributed by atoms with Crippen LogP contribution in [-0.2, 0) is 0 Å². The smallest absolute Gasteiger partial charge is 0.194 e. The van der Waals surface area contributed by atoms with Gasteiger partial charge in [-0.3, -0.25) is 0 Å². The Bertz CT molecular complexity index is 657. The Morgan fingerprint density at radius 1 is 1.05 bits per heavy atom. The molecule has 0 amide bonds. The quantitative estimate of drug-likeness (QED) is 0.826. The van der Waals surface area contributed by atoms with Crippen molar-refractivity contribution in [3.8, 4) is 6.07 Å². The molecule has 0 saturated carbocycles. The molecule has 0 aliphatic heterocycles. The zero-order valence-corrected chi connectivity index (χ0v) is 10.9. The molecule has 0 atom stereocenters. The molecule has 0 spiro atoms. The molecule has 0 fully saturated rings. The second-order valence-corrected chi connectivity index (χ2v) is 4.60. The van der Waals surface area contributed by atoms with Crippen molar-refractivity contribution >= 4 is 27.3 Å². The van der Waals surface area contributed by atoms with Crippen LogP contribution in [0.2, 0.25) is 0 Å². The maximum atomic E-state index is 13.1. The van der Waals surface area contributed by atoms with E-state index >= 15 is 0 Å². The third kappa shape index (κ3) is 2.88. The summed E-state index contributed by atoms with van der Waals surface area (Å²) < 4.78 is 39.6. The lowest BCUT2D eigenvalue weighted by atomic mass is 10.2. The second-order valence-electron chi connectivity index (χ2n) is 3.68. The molecule has 2 nitrogen and oxygen atoms in total. The largest absolute Gasteiger partial charge is 0.354 e. The minimum absolute atomic E-state index is 0.0234. The number of anilines is 2. The third-order valence-electron chi connectivity index (χ3n) is 2.36. The lowest BCUT2D eigenvalue weighted by molar-refractivity contribution is 0.448. The van der Waals surface area contributed by atoms with Gasteiger partial charge in [0.1, 0.15) is 6.07 Å². The molecule has 19 heavy (non-hydrogen) atoms. The summed E-state index contributed by atoms with van der Waals surface area (Å²) >= 11 is 3.21. The summed E-state index contributed by atoms with van der Waals surface area (Å²) in [4.78, 5) is 0. The van der Waals surface area contributed by atoms with Crippen LogP contribution in [0.1, 0.15) is 5.56 Å². The average Bonchev–Trinajstić information content (AvgIpc) is 2.38. The molecule has 0 aliphatic rings. The van der Waals surface area contributed by atoms with E-state index < -0.39 is 17.5 Å². The third-order valence-corrected chi connectivity index (χ3v) is 2.86. The van der Waals surface area contributed by atoms with Crippen LogP contribution >= 0.6 is 15.9 Å². The van der Waals surface area contributed by atoms with Crippen molar-refractivity contribution in [2.24, 2.45) is 0 Å². The molecule has 1 N–H and O–H groups in total. The number of benzene rings is 2. The van der Waals surface area contributed by atoms with E-state index in [1.165, 1.54) is 0 Å². The van der Waals surface area contributed by atoms with Gasteiger partial charge in [0, 0.05) is 22.3 Å². The van der Waals surface area contributed by atoms with Gasteiger partial charge >= 0.3 is 0 Å². The molecule has 0 saturated heterocycles. The Kier molecular flexibility index (Phi) is 3.76. The number of halogens is 4. The van der Waals surface area contributed by atoms with Gasteiger partial charge < -0.3 is 5.32 Å². The van der Waals surface area contributed by atoms with Crippen molar-refractivity contribution in [1.82, 2.24) is 0 Å². The van der Waals surface area contributed by atoms with E-state index in [0.29, 0.717) is 15.7 Å². The van der Waals surface area contributed by atoms with Gasteiger partial charge in [-0.05, 0) is 18.2 Å². The first kappa shape index (κ1) is 13.4. The van der Waals surface area contributed by atoms with Gasteiger partial charge in [-0.1, -0.05) is 15.9 Å². The van der Waals surface area contributed by atoms with E-state index in [-0.39, 0.29) is 5.69 Å². The van der Waals surface area contributed by atoms with Gasteiger partial charge in [0.2, 0.25) is 0 Å². The second kappa shape index (κ2) is 5.33. The maximum Gasteiger partial charge on any atom is 0.194 e. The highest BCUT2D eigenvalue weighted by Gasteiger charge is 2.11. The summed E-state index contributed by atoms with van der Waals surface area (Å²) in [6, 6.07) is 8.38. The highest BCUT2D eigenvalue weighted by atomic mass is 79.9. The molecule has 0 radical (unpaired) electrons. The molecule has 0 aliphatic carbocycles. The summed E-state index contributed by atoms with van der Waals surface area (Å²) in [5.41, 5.74) is 0.686. The summed E-state index contributed by atoms with van der Waals surface area (Å²) in [7, 11) is 0. The molecule has 2 aromatic rings. The fourth-order valence-electron chi connectivity index (χ4n) is 1.50. The Balaban J connectivity index is 2.40. The standard InChI is InChI=1S/C13H6BrF3N2/c14-8-1-2-12(7(3-8)6-18)19-9-4-10(15)13(17)11(16)5-9/h1-5,19H. The molecule has 0 heterocycles. The summed E-state index contributed by atoms with van der Waals surface area (Å²) in [5, 5.41) is 11.6. The Morgan fingerprint density at radius 2 is 1.68 bits per heavy atom. The van der Waals surface area contributed by atoms with Crippen LogP contribution in [0.25, 0.3) is 0 Å². The Hall–Kier alpha value is -2.00. The number of hydrogen-bond donors (Lipinski definition) is 1. The molecular formula is C13H6BrF3N2. The zero-order chi connectivity index (χ0) is 14.0. The monoisotopic (exact) mass is 326 g/mol. The molecule has 2 aromatic carbocycles. The van der Waals surface area contributed by atoms with Crippen molar-refractivity contribution in [3.63, 3.8) is 0 Å². The molecule has 6 heteroatoms. The minimum atomic E-state index is -1.53. The number of nitriles is 1. The first-order chi connectivity index (χ1) is 9.01. The van der Waals surface area contributed by atoms with Crippen molar-refractivity contribution in [2.45, 2.75) is 0 Å². The summed E-state index contributed by atoms with van der Waals surface area (Å²) in [6.45, 7) is 0. The van der Waals surface area contributed by atoms with Crippen molar-refractivity contribution in [2.75, 3.05) is 5.32 Å². The summed E-state index contributed by atoms with van der Waals surface area (Å²) in [5.74, 6) is -4.11. The molecule has 96 valence electrons. The Labute approximate surface area is 115 Å². The maximum absolute atomic E-state index is 13.1. The molecule has 0 bridgehead atoms. The van der Waals surface area contributed by atoms with Gasteiger partial charge in [-0.25, -0.2) is 13.2 Å². The number of rotatable bonds is 2. The van der Waals surface area contributed by atoms with Crippen LogP contribution in [0, 0.1) is 28.8 Å². The van der Waals surface area contributed by atoms with E-state index in [1.54, 1.807) is 18.2 Å². The van der Waals surface area contributed by atoms with Gasteiger partial charge in [0.15, 0.2) is 17.5 Å². The van der Waals surface area contributed by atoms with Gasteiger partial charge in [-0.2, -0.15) is 5.26 Å². The average molecular weight is 327 g/mol. The van der Waals surface area contributed by atoms with E-state index in [9.17, 15) is 13.2 Å². The topological polar surface area (TPSA) is 35.8 Å². The Morgan fingerprint density at radius 3 is 2.26 bits per heavy atom. The van der Waals surface area contributed by atoms with E-state index in [1.807, 2.05) is 6.07 Å². The predicted octanol–water partition coefficient (Wildman–Crippen LogP) is 4.48. The van der Waals surface area contributed by atoms with Gasteiger partial charge in [-0.15, -0.1) is 0 Å². The van der Waals surface area contributed by atoms with Gasteiger partial charge in [0.05, 0.1) is 11.3 Å². The number of nitrogens with one attached hydrogen (secondary N) is 1. The van der Waals surface area contributed by atoms with E-state index in [0.717, 1.165) is 12.1 Å². The first-order valence-electron chi connectivity index (χ1n) is 5.12. The van der Waals surface area contributed by atoms with Crippen LogP contribution in [0.15, 0.2) is 34.8 Å². The van der Waals surface area contributed by atoms with Gasteiger partial charge in [0.25, 0.3) is 0 Å². The van der Waals surface area contributed by atoms with Crippen LogP contribution in [0.3, 0.4) is 0 Å². The normalized spacial score (nSPS) is 10.1. The number of hydrogen-bond acceptors (Lipinski definition) is 2. The van der Waals surface area contributed by atoms with E-state index in [4.69, 9.17) is 5.26 Å². The van der Waals surface area contributed by atoms with Crippen molar-refractivity contribution in [3.05, 3.63) is 57.8 Å². The van der Waals surface area contributed by atoms with Crippen molar-refractivity contribution < 1.29 is 13.2 Å². The number of nitrogens with zero attached hydrogens (tertiary/aromatic N) is 1. The molecular weight excluding hydrogens is 321 g/mol. The molecule has 0 unspecified atom stereocenters. The lowest BCUT2D eigenvalue weighted by Crippen LogP contribution is -1.98. The fourth-order valence-corrected chi connectivity index (χ4v) is 1.86. The van der Waals surface area contributed by atoms with Crippen LogP contribution in [-0.4, -0.2) is 0 Å².